The predicted molar refractivity (Wildman–Crippen MR) is 133 cm³/mol. The van der Waals surface area contributed by atoms with E-state index >= 15 is 0 Å². The first-order valence-electron chi connectivity index (χ1n) is 11.4. The molecule has 1 aliphatic heterocycles. The monoisotopic (exact) mass is 499 g/mol. The molecule has 0 fully saturated rings. The molecule has 0 saturated heterocycles. The third kappa shape index (κ3) is 5.07. The van der Waals surface area contributed by atoms with Gasteiger partial charge >= 0.3 is 5.97 Å². The van der Waals surface area contributed by atoms with Crippen molar-refractivity contribution in [1.29, 1.82) is 0 Å². The molecule has 34 heavy (non-hydrogen) atoms. The summed E-state index contributed by atoms with van der Waals surface area (Å²) in [4.78, 5) is 26.8. The number of esters is 1. The lowest BCUT2D eigenvalue weighted by atomic mass is 9.71. The molecule has 2 aromatic rings. The van der Waals surface area contributed by atoms with Crippen LogP contribution in [0.2, 0.25) is 10.0 Å². The molecule has 0 aromatic heterocycles. The number of ketones is 1. The zero-order valence-electron chi connectivity index (χ0n) is 19.2. The van der Waals surface area contributed by atoms with E-state index in [1.165, 1.54) is 0 Å². The molecule has 5 nitrogen and oxygen atoms in total. The van der Waals surface area contributed by atoms with Gasteiger partial charge in [0.2, 0.25) is 0 Å². The summed E-state index contributed by atoms with van der Waals surface area (Å²) < 4.78 is 10.8. The topological polar surface area (TPSA) is 64.6 Å². The van der Waals surface area contributed by atoms with E-state index in [0.717, 1.165) is 11.3 Å². The van der Waals surface area contributed by atoms with Gasteiger partial charge in [0, 0.05) is 46.0 Å². The number of hydrogen-bond donors (Lipinski definition) is 1. The van der Waals surface area contributed by atoms with E-state index in [1.54, 1.807) is 18.2 Å². The van der Waals surface area contributed by atoms with E-state index in [4.69, 9.17) is 32.7 Å². The minimum atomic E-state index is -0.634. The number of benzene rings is 2. The highest BCUT2D eigenvalue weighted by Crippen LogP contribution is 2.47. The average Bonchev–Trinajstić information content (AvgIpc) is 2.81. The van der Waals surface area contributed by atoms with Crippen LogP contribution in [-0.4, -0.2) is 31.6 Å². The van der Waals surface area contributed by atoms with Crippen LogP contribution in [-0.2, 0) is 19.1 Å². The standard InChI is InChI=1S/C27H27Cl2NO4/c1-3-33-11-12-34-27(32)24-16(2)30-22-13-18(17-7-5-4-6-8-17)14-23(31)26(22)25(24)20-10-9-19(28)15-21(20)29/h4-10,15,18,25,30H,3,11-14H2,1-2H3/t18-,25+/m1/s1. The summed E-state index contributed by atoms with van der Waals surface area (Å²) in [6.45, 7) is 4.68. The number of carbonyl (C=O) groups excluding carboxylic acids is 2. The highest BCUT2D eigenvalue weighted by Gasteiger charge is 2.42. The summed E-state index contributed by atoms with van der Waals surface area (Å²) in [6, 6.07) is 15.2. The molecule has 2 atom stereocenters. The molecule has 0 bridgehead atoms. The van der Waals surface area contributed by atoms with Crippen molar-refractivity contribution in [3.05, 3.63) is 92.2 Å². The predicted octanol–water partition coefficient (Wildman–Crippen LogP) is 5.93. The molecule has 0 radical (unpaired) electrons. The summed E-state index contributed by atoms with van der Waals surface area (Å²) in [5, 5.41) is 4.23. The van der Waals surface area contributed by atoms with Crippen LogP contribution in [0.25, 0.3) is 0 Å². The molecule has 2 aromatic carbocycles. The molecule has 1 N–H and O–H groups in total. The molecule has 4 rings (SSSR count). The Labute approximate surface area is 209 Å². The normalized spacial score (nSPS) is 20.2. The number of Topliss-reactive ketones (excluding diaryl/α,β-unsaturated/α-hetero) is 1. The quantitative estimate of drug-likeness (QED) is 0.377. The second-order valence-corrected chi connectivity index (χ2v) is 9.27. The van der Waals surface area contributed by atoms with Crippen molar-refractivity contribution in [2.24, 2.45) is 0 Å². The molecular formula is C27H27Cl2NO4. The number of dihydropyridines is 1. The average molecular weight is 500 g/mol. The van der Waals surface area contributed by atoms with Gasteiger partial charge in [-0.2, -0.15) is 0 Å². The highest BCUT2D eigenvalue weighted by atomic mass is 35.5. The maximum atomic E-state index is 13.6. The van der Waals surface area contributed by atoms with E-state index < -0.39 is 11.9 Å². The molecule has 0 spiro atoms. The lowest BCUT2D eigenvalue weighted by Gasteiger charge is -2.37. The van der Waals surface area contributed by atoms with Gasteiger partial charge in [0.05, 0.1) is 12.2 Å². The lowest BCUT2D eigenvalue weighted by molar-refractivity contribution is -0.140. The Morgan fingerprint density at radius 3 is 2.56 bits per heavy atom. The first kappa shape index (κ1) is 24.5. The zero-order valence-corrected chi connectivity index (χ0v) is 20.7. The van der Waals surface area contributed by atoms with Crippen LogP contribution < -0.4 is 5.32 Å². The number of nitrogens with one attached hydrogen (secondary N) is 1. The fraction of sp³-hybridized carbons (Fsp3) is 0.333. The second-order valence-electron chi connectivity index (χ2n) is 8.43. The van der Waals surface area contributed by atoms with Crippen LogP contribution in [0.3, 0.4) is 0 Å². The lowest BCUT2D eigenvalue weighted by Crippen LogP contribution is -2.36. The molecule has 2 aliphatic rings. The Hall–Kier alpha value is -2.60. The second kappa shape index (κ2) is 10.8. The number of rotatable bonds is 7. The minimum Gasteiger partial charge on any atom is -0.460 e. The third-order valence-electron chi connectivity index (χ3n) is 6.26. The summed E-state index contributed by atoms with van der Waals surface area (Å²) in [7, 11) is 0. The molecule has 0 unspecified atom stereocenters. The molecule has 0 amide bonds. The van der Waals surface area contributed by atoms with Crippen LogP contribution in [0.1, 0.15) is 49.7 Å². The smallest absolute Gasteiger partial charge is 0.336 e. The maximum Gasteiger partial charge on any atom is 0.336 e. The largest absolute Gasteiger partial charge is 0.460 e. The number of hydrogen-bond acceptors (Lipinski definition) is 5. The van der Waals surface area contributed by atoms with Gasteiger partial charge in [0.25, 0.3) is 0 Å². The number of carbonyl (C=O) groups is 2. The molecular weight excluding hydrogens is 473 g/mol. The fourth-order valence-corrected chi connectivity index (χ4v) is 5.25. The fourth-order valence-electron chi connectivity index (χ4n) is 4.73. The summed E-state index contributed by atoms with van der Waals surface area (Å²) in [5.41, 5.74) is 4.20. The van der Waals surface area contributed by atoms with Crippen molar-refractivity contribution < 1.29 is 19.1 Å². The molecule has 0 saturated carbocycles. The van der Waals surface area contributed by atoms with Crippen molar-refractivity contribution in [2.75, 3.05) is 19.8 Å². The summed E-state index contributed by atoms with van der Waals surface area (Å²) >= 11 is 12.7. The van der Waals surface area contributed by atoms with Gasteiger partial charge in [-0.25, -0.2) is 4.79 Å². The van der Waals surface area contributed by atoms with Gasteiger partial charge in [-0.3, -0.25) is 4.79 Å². The van der Waals surface area contributed by atoms with E-state index in [9.17, 15) is 9.59 Å². The van der Waals surface area contributed by atoms with Crippen molar-refractivity contribution in [3.8, 4) is 0 Å². The Kier molecular flexibility index (Phi) is 7.77. The van der Waals surface area contributed by atoms with Crippen molar-refractivity contribution in [3.63, 3.8) is 0 Å². The maximum absolute atomic E-state index is 13.6. The SMILES string of the molecule is CCOCCOC(=O)C1=C(C)NC2=C(C(=O)C[C@H](c3ccccc3)C2)[C@H]1c1ccc(Cl)cc1Cl. The van der Waals surface area contributed by atoms with Gasteiger partial charge < -0.3 is 14.8 Å². The van der Waals surface area contributed by atoms with E-state index in [-0.39, 0.29) is 18.3 Å². The van der Waals surface area contributed by atoms with E-state index in [0.29, 0.717) is 58.5 Å². The van der Waals surface area contributed by atoms with Crippen LogP contribution >= 0.6 is 23.2 Å². The van der Waals surface area contributed by atoms with Crippen molar-refractivity contribution in [2.45, 2.75) is 38.5 Å². The Morgan fingerprint density at radius 2 is 1.85 bits per heavy atom. The number of halogens is 2. The zero-order chi connectivity index (χ0) is 24.2. The first-order chi connectivity index (χ1) is 16.4. The Morgan fingerprint density at radius 1 is 1.09 bits per heavy atom. The van der Waals surface area contributed by atoms with Gasteiger partial charge in [-0.15, -0.1) is 0 Å². The van der Waals surface area contributed by atoms with Crippen LogP contribution in [0.15, 0.2) is 71.1 Å². The Bertz CT molecular complexity index is 1160. The van der Waals surface area contributed by atoms with Gasteiger partial charge in [0.15, 0.2) is 5.78 Å². The molecule has 7 heteroatoms. The van der Waals surface area contributed by atoms with Gasteiger partial charge in [-0.05, 0) is 49.4 Å². The molecule has 178 valence electrons. The van der Waals surface area contributed by atoms with E-state index in [1.807, 2.05) is 44.2 Å². The third-order valence-corrected chi connectivity index (χ3v) is 6.82. The molecule has 1 aliphatic carbocycles. The number of ether oxygens (including phenoxy) is 2. The van der Waals surface area contributed by atoms with Crippen LogP contribution in [0, 0.1) is 0 Å². The van der Waals surface area contributed by atoms with Crippen molar-refractivity contribution >= 4 is 35.0 Å². The first-order valence-corrected chi connectivity index (χ1v) is 12.1. The number of allylic oxidation sites excluding steroid dienone is 3. The summed E-state index contributed by atoms with van der Waals surface area (Å²) in [6.07, 6.45) is 1.02. The highest BCUT2D eigenvalue weighted by molar-refractivity contribution is 6.35. The van der Waals surface area contributed by atoms with Crippen LogP contribution in [0.4, 0.5) is 0 Å². The molecule has 1 heterocycles. The van der Waals surface area contributed by atoms with Gasteiger partial charge in [-0.1, -0.05) is 59.6 Å². The van der Waals surface area contributed by atoms with Gasteiger partial charge in [0.1, 0.15) is 6.61 Å². The minimum absolute atomic E-state index is 0.00858. The Balaban J connectivity index is 1.75. The van der Waals surface area contributed by atoms with Crippen molar-refractivity contribution in [1.82, 2.24) is 5.32 Å². The van der Waals surface area contributed by atoms with Crippen LogP contribution in [0.5, 0.6) is 0 Å². The van der Waals surface area contributed by atoms with E-state index in [2.05, 4.69) is 5.32 Å². The summed E-state index contributed by atoms with van der Waals surface area (Å²) in [5.74, 6) is -1.07.